The van der Waals surface area contributed by atoms with E-state index in [2.05, 4.69) is 33.6 Å². The van der Waals surface area contributed by atoms with Crippen LogP contribution in [0.2, 0.25) is 0 Å². The summed E-state index contributed by atoms with van der Waals surface area (Å²) in [5.41, 5.74) is 12.4. The van der Waals surface area contributed by atoms with Gasteiger partial charge in [-0.1, -0.05) is 32.0 Å². The Hall–Kier alpha value is -3.58. The van der Waals surface area contributed by atoms with Crippen molar-refractivity contribution < 1.29 is 29.1 Å². The Labute approximate surface area is 219 Å². The van der Waals surface area contributed by atoms with Crippen LogP contribution in [0.4, 0.5) is 0 Å². The zero-order valence-electron chi connectivity index (χ0n) is 20.7. The van der Waals surface area contributed by atoms with E-state index in [4.69, 9.17) is 11.5 Å². The summed E-state index contributed by atoms with van der Waals surface area (Å²) in [6.45, 7) is 3.38. The van der Waals surface area contributed by atoms with Crippen LogP contribution in [-0.2, 0) is 30.4 Å². The molecule has 4 amide bonds. The second-order valence-corrected chi connectivity index (χ2v) is 9.41. The minimum absolute atomic E-state index is 0.0161. The first-order valence-electron chi connectivity index (χ1n) is 11.8. The van der Waals surface area contributed by atoms with Crippen LogP contribution in [0, 0.1) is 5.92 Å². The summed E-state index contributed by atoms with van der Waals surface area (Å²) in [5.74, 6) is -4.37. The molecule has 1 aromatic carbocycles. The Morgan fingerprint density at radius 3 is 2.24 bits per heavy atom. The molecule has 0 fully saturated rings. The molecule has 0 aliphatic carbocycles. The highest BCUT2D eigenvalue weighted by Crippen LogP contribution is 2.19. The number of para-hydroxylation sites is 1. The van der Waals surface area contributed by atoms with E-state index in [1.165, 1.54) is 0 Å². The van der Waals surface area contributed by atoms with E-state index in [0.29, 0.717) is 5.56 Å². The molecule has 4 atom stereocenters. The Morgan fingerprint density at radius 1 is 1.00 bits per heavy atom. The first-order chi connectivity index (χ1) is 17.4. The molecule has 0 radical (unpaired) electrons. The number of fused-ring (bicyclic) bond motifs is 1. The SMILES string of the molecule is CC(C)C(NC(=O)C(N)CCC(N)=O)C(=O)NC(CS)C(=O)NC(Cc1c[nH]c2ccccc12)C(=O)O. The standard InChI is InChI=1S/C24H34N6O6S/c1-12(2)20(30-21(32)15(25)7-8-19(26)31)23(34)29-18(11-37)22(33)28-17(24(35)36)9-13-10-27-16-6-4-3-5-14(13)16/h3-6,10,12,15,17-18,20,27,37H,7-9,11,25H2,1-2H3,(H2,26,31)(H,28,33)(H,29,34)(H,30,32)(H,35,36). The molecule has 2 rings (SSSR count). The summed E-state index contributed by atoms with van der Waals surface area (Å²) < 4.78 is 0. The van der Waals surface area contributed by atoms with E-state index in [-0.39, 0.29) is 30.9 Å². The van der Waals surface area contributed by atoms with Gasteiger partial charge in [0.2, 0.25) is 23.6 Å². The number of amides is 4. The van der Waals surface area contributed by atoms with Crippen LogP contribution < -0.4 is 27.4 Å². The first kappa shape index (κ1) is 29.6. The molecule has 1 heterocycles. The number of rotatable bonds is 14. The lowest BCUT2D eigenvalue weighted by Crippen LogP contribution is -2.59. The number of H-pyrrole nitrogens is 1. The van der Waals surface area contributed by atoms with E-state index in [1.54, 1.807) is 20.0 Å². The number of aromatic amines is 1. The summed E-state index contributed by atoms with van der Waals surface area (Å²) in [4.78, 5) is 64.1. The molecule has 0 bridgehead atoms. The number of carbonyl (C=O) groups excluding carboxylic acids is 4. The lowest BCUT2D eigenvalue weighted by Gasteiger charge is -2.26. The fourth-order valence-corrected chi connectivity index (χ4v) is 3.93. The number of carbonyl (C=O) groups is 5. The minimum atomic E-state index is -1.25. The zero-order chi connectivity index (χ0) is 27.7. The number of thiol groups is 1. The molecule has 202 valence electrons. The van der Waals surface area contributed by atoms with Gasteiger partial charge in [-0.2, -0.15) is 12.6 Å². The van der Waals surface area contributed by atoms with Crippen molar-refractivity contribution in [1.29, 1.82) is 0 Å². The monoisotopic (exact) mass is 534 g/mol. The third-order valence-corrected chi connectivity index (χ3v) is 6.18. The fourth-order valence-electron chi connectivity index (χ4n) is 3.67. The predicted octanol–water partition coefficient (Wildman–Crippen LogP) is -0.572. The number of primary amides is 1. The van der Waals surface area contributed by atoms with E-state index in [9.17, 15) is 29.1 Å². The van der Waals surface area contributed by atoms with Crippen LogP contribution in [0.3, 0.4) is 0 Å². The molecular weight excluding hydrogens is 500 g/mol. The smallest absolute Gasteiger partial charge is 0.326 e. The van der Waals surface area contributed by atoms with Crippen LogP contribution in [0.15, 0.2) is 30.5 Å². The van der Waals surface area contributed by atoms with E-state index in [1.807, 2.05) is 24.3 Å². The summed E-state index contributed by atoms with van der Waals surface area (Å²) in [6, 6.07) is 2.87. The van der Waals surface area contributed by atoms with Crippen molar-refractivity contribution in [2.45, 2.75) is 57.3 Å². The van der Waals surface area contributed by atoms with Crippen molar-refractivity contribution >= 4 is 53.1 Å². The summed E-state index contributed by atoms with van der Waals surface area (Å²) in [5, 5.41) is 18.1. The summed E-state index contributed by atoms with van der Waals surface area (Å²) in [7, 11) is 0. The number of hydrogen-bond acceptors (Lipinski definition) is 7. The minimum Gasteiger partial charge on any atom is -0.480 e. The molecule has 9 N–H and O–H groups in total. The van der Waals surface area contributed by atoms with Crippen molar-refractivity contribution in [3.8, 4) is 0 Å². The Bertz CT molecular complexity index is 1140. The summed E-state index contributed by atoms with van der Waals surface area (Å²) in [6.07, 6.45) is 1.64. The highest BCUT2D eigenvalue weighted by Gasteiger charge is 2.31. The number of carboxylic acids is 1. The van der Waals surface area contributed by atoms with Gasteiger partial charge >= 0.3 is 5.97 Å². The second kappa shape index (κ2) is 13.7. The average molecular weight is 535 g/mol. The molecule has 0 saturated carbocycles. The molecule has 0 spiro atoms. The van der Waals surface area contributed by atoms with Gasteiger partial charge in [-0.05, 0) is 24.0 Å². The second-order valence-electron chi connectivity index (χ2n) is 9.05. The topological polar surface area (TPSA) is 209 Å². The van der Waals surface area contributed by atoms with Gasteiger partial charge in [0.1, 0.15) is 18.1 Å². The van der Waals surface area contributed by atoms with E-state index < -0.39 is 53.8 Å². The fraction of sp³-hybridized carbons (Fsp3) is 0.458. The maximum Gasteiger partial charge on any atom is 0.326 e. The number of nitrogens with two attached hydrogens (primary N) is 2. The number of hydrogen-bond donors (Lipinski definition) is 8. The average Bonchev–Trinajstić information content (AvgIpc) is 3.25. The van der Waals surface area contributed by atoms with Crippen molar-refractivity contribution in [1.82, 2.24) is 20.9 Å². The normalized spacial score (nSPS) is 14.4. The molecule has 0 aliphatic rings. The number of carboxylic acid groups (broad SMARTS) is 1. The molecule has 0 aliphatic heterocycles. The van der Waals surface area contributed by atoms with Gasteiger partial charge in [0.25, 0.3) is 0 Å². The van der Waals surface area contributed by atoms with E-state index >= 15 is 0 Å². The van der Waals surface area contributed by atoms with Gasteiger partial charge in [-0.3, -0.25) is 19.2 Å². The molecule has 1 aromatic heterocycles. The number of aromatic nitrogens is 1. The predicted molar refractivity (Wildman–Crippen MR) is 141 cm³/mol. The van der Waals surface area contributed by atoms with Crippen LogP contribution in [-0.4, -0.2) is 69.6 Å². The quantitative estimate of drug-likeness (QED) is 0.148. The Morgan fingerprint density at radius 2 is 1.65 bits per heavy atom. The number of benzene rings is 1. The molecular formula is C24H34N6O6S. The largest absolute Gasteiger partial charge is 0.480 e. The Balaban J connectivity index is 2.05. The molecule has 2 aromatic rings. The van der Waals surface area contributed by atoms with Gasteiger partial charge in [-0.15, -0.1) is 0 Å². The third kappa shape index (κ3) is 8.50. The van der Waals surface area contributed by atoms with Gasteiger partial charge in [-0.25, -0.2) is 4.79 Å². The third-order valence-electron chi connectivity index (χ3n) is 5.81. The van der Waals surface area contributed by atoms with Crippen LogP contribution in [0.25, 0.3) is 10.9 Å². The lowest BCUT2D eigenvalue weighted by atomic mass is 10.0. The molecule has 0 saturated heterocycles. The highest BCUT2D eigenvalue weighted by molar-refractivity contribution is 7.80. The van der Waals surface area contributed by atoms with Gasteiger partial charge in [0.15, 0.2) is 0 Å². The van der Waals surface area contributed by atoms with Gasteiger partial charge in [0.05, 0.1) is 6.04 Å². The zero-order valence-corrected chi connectivity index (χ0v) is 21.6. The van der Waals surface area contributed by atoms with Crippen molar-refractivity contribution in [3.05, 3.63) is 36.0 Å². The maximum atomic E-state index is 12.9. The van der Waals surface area contributed by atoms with Crippen LogP contribution >= 0.6 is 12.6 Å². The highest BCUT2D eigenvalue weighted by atomic mass is 32.1. The maximum absolute atomic E-state index is 12.9. The molecule has 4 unspecified atom stereocenters. The molecule has 12 nitrogen and oxygen atoms in total. The number of nitrogens with one attached hydrogen (secondary N) is 4. The van der Waals surface area contributed by atoms with Gasteiger partial charge in [0, 0.05) is 35.7 Å². The van der Waals surface area contributed by atoms with Crippen LogP contribution in [0.5, 0.6) is 0 Å². The Kier molecular flexibility index (Phi) is 10.9. The lowest BCUT2D eigenvalue weighted by molar-refractivity contribution is -0.142. The van der Waals surface area contributed by atoms with Crippen molar-refractivity contribution in [2.75, 3.05) is 5.75 Å². The molecule has 13 heteroatoms. The van der Waals surface area contributed by atoms with Crippen molar-refractivity contribution in [2.24, 2.45) is 17.4 Å². The van der Waals surface area contributed by atoms with E-state index in [0.717, 1.165) is 10.9 Å². The van der Waals surface area contributed by atoms with Crippen LogP contribution in [0.1, 0.15) is 32.3 Å². The molecule has 37 heavy (non-hydrogen) atoms. The summed E-state index contributed by atoms with van der Waals surface area (Å²) >= 11 is 4.13. The van der Waals surface area contributed by atoms with Crippen molar-refractivity contribution in [3.63, 3.8) is 0 Å². The first-order valence-corrected chi connectivity index (χ1v) is 12.4. The number of aliphatic carboxylic acids is 1. The van der Waals surface area contributed by atoms with Gasteiger partial charge < -0.3 is 37.5 Å².